The summed E-state index contributed by atoms with van der Waals surface area (Å²) in [6.07, 6.45) is 1.45. The van der Waals surface area contributed by atoms with Crippen molar-refractivity contribution >= 4 is 39.0 Å². The fourth-order valence-corrected chi connectivity index (χ4v) is 3.02. The number of hydrogen-bond donors (Lipinski definition) is 3. The fraction of sp³-hybridized carbons (Fsp3) is 0.0625. The van der Waals surface area contributed by atoms with Crippen LogP contribution in [0.2, 0.25) is 5.02 Å². The molecule has 24 heavy (non-hydrogen) atoms. The minimum atomic E-state index is -3.59. The summed E-state index contributed by atoms with van der Waals surface area (Å²) in [5.74, 6) is 0. The van der Waals surface area contributed by atoms with E-state index in [1.165, 1.54) is 30.3 Å². The van der Waals surface area contributed by atoms with E-state index >= 15 is 0 Å². The lowest BCUT2D eigenvalue weighted by molar-refractivity contribution is 0.262. The maximum absolute atomic E-state index is 11.9. The Morgan fingerprint density at radius 3 is 2.38 bits per heavy atom. The SMILES string of the molecule is C=CCNS(=O)(=O)c1ccc(NC(=O)Nc2cccc(Cl)c2)cc1. The van der Waals surface area contributed by atoms with Crippen molar-refractivity contribution < 1.29 is 13.2 Å². The van der Waals surface area contributed by atoms with Crippen LogP contribution in [-0.2, 0) is 10.0 Å². The third kappa shape index (κ3) is 5.09. The summed E-state index contributed by atoms with van der Waals surface area (Å²) in [5, 5.41) is 5.74. The molecule has 0 aliphatic heterocycles. The molecule has 3 N–H and O–H groups in total. The first-order valence-corrected chi connectivity index (χ1v) is 8.81. The lowest BCUT2D eigenvalue weighted by atomic mass is 10.3. The second-order valence-electron chi connectivity index (χ2n) is 4.75. The van der Waals surface area contributed by atoms with Gasteiger partial charge in [-0.25, -0.2) is 17.9 Å². The molecule has 0 aliphatic carbocycles. The minimum absolute atomic E-state index is 0.102. The third-order valence-electron chi connectivity index (χ3n) is 2.92. The van der Waals surface area contributed by atoms with Gasteiger partial charge in [-0.1, -0.05) is 23.7 Å². The van der Waals surface area contributed by atoms with E-state index in [1.807, 2.05) is 0 Å². The summed E-state index contributed by atoms with van der Waals surface area (Å²) in [6, 6.07) is 12.1. The predicted molar refractivity (Wildman–Crippen MR) is 95.9 cm³/mol. The number of amides is 2. The van der Waals surface area contributed by atoms with E-state index in [4.69, 9.17) is 11.6 Å². The van der Waals surface area contributed by atoms with Crippen LogP contribution < -0.4 is 15.4 Å². The number of halogens is 1. The van der Waals surface area contributed by atoms with Crippen LogP contribution in [0.15, 0.2) is 66.1 Å². The summed E-state index contributed by atoms with van der Waals surface area (Å²) < 4.78 is 26.2. The van der Waals surface area contributed by atoms with Crippen LogP contribution in [0.4, 0.5) is 16.2 Å². The smallest absolute Gasteiger partial charge is 0.308 e. The Balaban J connectivity index is 2.01. The number of hydrogen-bond acceptors (Lipinski definition) is 3. The third-order valence-corrected chi connectivity index (χ3v) is 4.60. The van der Waals surface area contributed by atoms with Crippen molar-refractivity contribution in [3.05, 3.63) is 66.2 Å². The molecule has 0 spiro atoms. The first kappa shape index (κ1) is 18.0. The second-order valence-corrected chi connectivity index (χ2v) is 6.96. The topological polar surface area (TPSA) is 87.3 Å². The van der Waals surface area contributed by atoms with E-state index in [-0.39, 0.29) is 11.4 Å². The molecule has 6 nitrogen and oxygen atoms in total. The Labute approximate surface area is 145 Å². The van der Waals surface area contributed by atoms with Crippen LogP contribution in [0.25, 0.3) is 0 Å². The molecule has 0 saturated heterocycles. The molecule has 2 amide bonds. The number of carbonyl (C=O) groups is 1. The van der Waals surface area contributed by atoms with E-state index in [0.717, 1.165) is 0 Å². The Morgan fingerprint density at radius 2 is 1.75 bits per heavy atom. The quantitative estimate of drug-likeness (QED) is 0.685. The van der Waals surface area contributed by atoms with Gasteiger partial charge in [0.2, 0.25) is 10.0 Å². The van der Waals surface area contributed by atoms with Crippen LogP contribution in [0, 0.1) is 0 Å². The van der Waals surface area contributed by atoms with Crippen LogP contribution in [-0.4, -0.2) is 21.0 Å². The zero-order valence-corrected chi connectivity index (χ0v) is 14.2. The van der Waals surface area contributed by atoms with Gasteiger partial charge in [0.1, 0.15) is 0 Å². The Kier molecular flexibility index (Phi) is 5.97. The van der Waals surface area contributed by atoms with Crippen molar-refractivity contribution in [2.45, 2.75) is 4.90 Å². The fourth-order valence-electron chi connectivity index (χ4n) is 1.83. The van der Waals surface area contributed by atoms with Gasteiger partial charge in [0.25, 0.3) is 0 Å². The average Bonchev–Trinajstić information content (AvgIpc) is 2.53. The van der Waals surface area contributed by atoms with E-state index in [0.29, 0.717) is 16.4 Å². The maximum atomic E-state index is 11.9. The van der Waals surface area contributed by atoms with Gasteiger partial charge in [-0.15, -0.1) is 6.58 Å². The summed E-state index contributed by atoms with van der Waals surface area (Å²) in [7, 11) is -3.59. The van der Waals surface area contributed by atoms with Crippen molar-refractivity contribution in [1.82, 2.24) is 4.72 Å². The highest BCUT2D eigenvalue weighted by molar-refractivity contribution is 7.89. The summed E-state index contributed by atoms with van der Waals surface area (Å²) in [5.41, 5.74) is 1.00. The first-order chi connectivity index (χ1) is 11.4. The second kappa shape index (κ2) is 7.96. The molecular formula is C16H16ClN3O3S. The summed E-state index contributed by atoms with van der Waals surface area (Å²) in [6.45, 7) is 3.60. The largest absolute Gasteiger partial charge is 0.323 e. The lowest BCUT2D eigenvalue weighted by Gasteiger charge is -2.09. The summed E-state index contributed by atoms with van der Waals surface area (Å²) >= 11 is 5.84. The number of rotatable bonds is 6. The average molecular weight is 366 g/mol. The molecule has 2 aromatic rings. The zero-order valence-electron chi connectivity index (χ0n) is 12.6. The van der Waals surface area contributed by atoms with Gasteiger partial charge < -0.3 is 10.6 Å². The normalized spacial score (nSPS) is 10.9. The monoisotopic (exact) mass is 365 g/mol. The van der Waals surface area contributed by atoms with E-state index in [2.05, 4.69) is 21.9 Å². The maximum Gasteiger partial charge on any atom is 0.323 e. The molecule has 126 valence electrons. The highest BCUT2D eigenvalue weighted by Crippen LogP contribution is 2.17. The number of benzene rings is 2. The molecule has 0 aromatic heterocycles. The van der Waals surface area contributed by atoms with Gasteiger partial charge in [-0.05, 0) is 42.5 Å². The number of sulfonamides is 1. The molecule has 0 bridgehead atoms. The van der Waals surface area contributed by atoms with Crippen LogP contribution in [0.3, 0.4) is 0 Å². The van der Waals surface area contributed by atoms with Gasteiger partial charge in [-0.2, -0.15) is 0 Å². The molecule has 0 saturated carbocycles. The molecule has 0 aliphatic rings. The Bertz CT molecular complexity index is 836. The first-order valence-electron chi connectivity index (χ1n) is 6.95. The molecule has 0 fully saturated rings. The number of nitrogens with one attached hydrogen (secondary N) is 3. The standard InChI is InChI=1S/C16H16ClN3O3S/c1-2-10-18-24(22,23)15-8-6-13(7-9-15)19-16(21)20-14-5-3-4-12(17)11-14/h2-9,11,18H,1,10H2,(H2,19,20,21). The molecule has 0 atom stereocenters. The van der Waals surface area contributed by atoms with Gasteiger partial charge in [0, 0.05) is 22.9 Å². The molecular weight excluding hydrogens is 350 g/mol. The number of anilines is 2. The van der Waals surface area contributed by atoms with Crippen molar-refractivity contribution in [1.29, 1.82) is 0 Å². The predicted octanol–water partition coefficient (Wildman–Crippen LogP) is 3.45. The molecule has 8 heteroatoms. The minimum Gasteiger partial charge on any atom is -0.308 e. The van der Waals surface area contributed by atoms with Crippen LogP contribution >= 0.6 is 11.6 Å². The molecule has 2 aromatic carbocycles. The van der Waals surface area contributed by atoms with Gasteiger partial charge in [-0.3, -0.25) is 0 Å². The molecule has 0 radical (unpaired) electrons. The number of urea groups is 1. The molecule has 0 heterocycles. The van der Waals surface area contributed by atoms with Crippen molar-refractivity contribution in [2.75, 3.05) is 17.2 Å². The molecule has 0 unspecified atom stereocenters. The van der Waals surface area contributed by atoms with Crippen molar-refractivity contribution in [3.8, 4) is 0 Å². The van der Waals surface area contributed by atoms with Crippen LogP contribution in [0.5, 0.6) is 0 Å². The highest BCUT2D eigenvalue weighted by Gasteiger charge is 2.12. The summed E-state index contributed by atoms with van der Waals surface area (Å²) in [4.78, 5) is 12.0. The van der Waals surface area contributed by atoms with E-state index in [9.17, 15) is 13.2 Å². The van der Waals surface area contributed by atoms with E-state index in [1.54, 1.807) is 24.3 Å². The highest BCUT2D eigenvalue weighted by atomic mass is 35.5. The molecule has 2 rings (SSSR count). The van der Waals surface area contributed by atoms with E-state index < -0.39 is 16.1 Å². The van der Waals surface area contributed by atoms with Crippen molar-refractivity contribution in [3.63, 3.8) is 0 Å². The van der Waals surface area contributed by atoms with Gasteiger partial charge >= 0.3 is 6.03 Å². The Hall–Kier alpha value is -2.35. The Morgan fingerprint density at radius 1 is 1.08 bits per heavy atom. The van der Waals surface area contributed by atoms with Gasteiger partial charge in [0.15, 0.2) is 0 Å². The number of carbonyl (C=O) groups excluding carboxylic acids is 1. The lowest BCUT2D eigenvalue weighted by Crippen LogP contribution is -2.23. The van der Waals surface area contributed by atoms with Crippen molar-refractivity contribution in [2.24, 2.45) is 0 Å². The zero-order chi connectivity index (χ0) is 17.6. The van der Waals surface area contributed by atoms with Gasteiger partial charge in [0.05, 0.1) is 4.90 Å². The van der Waals surface area contributed by atoms with Crippen LogP contribution in [0.1, 0.15) is 0 Å².